The Bertz CT molecular complexity index is 275. The lowest BCUT2D eigenvalue weighted by Gasteiger charge is -2.02. The zero-order valence-electron chi connectivity index (χ0n) is 5.64. The Labute approximate surface area is 74.5 Å². The number of phenolic OH excluding ortho intramolecular Hbond substituents is 1. The molecule has 0 aliphatic rings. The lowest BCUT2D eigenvalue weighted by molar-refractivity contribution is 0.475. The van der Waals surface area contributed by atoms with E-state index in [9.17, 15) is 0 Å². The smallest absolute Gasteiger partial charge is 0.134 e. The van der Waals surface area contributed by atoms with E-state index >= 15 is 0 Å². The predicted octanol–water partition coefficient (Wildman–Crippen LogP) is 2.16. The van der Waals surface area contributed by atoms with Gasteiger partial charge in [0.25, 0.3) is 0 Å². The molecule has 2 nitrogen and oxygen atoms in total. The number of halogens is 2. The van der Waals surface area contributed by atoms with Crippen molar-refractivity contribution in [2.45, 2.75) is 6.54 Å². The third-order valence-corrected chi connectivity index (χ3v) is 1.99. The lowest BCUT2D eigenvalue weighted by Crippen LogP contribution is -1.96. The summed E-state index contributed by atoms with van der Waals surface area (Å²) < 4.78 is 0. The summed E-state index contributed by atoms with van der Waals surface area (Å²) in [5.41, 5.74) is 6.02. The summed E-state index contributed by atoms with van der Waals surface area (Å²) in [4.78, 5) is 0. The molecule has 0 amide bonds. The van der Waals surface area contributed by atoms with Gasteiger partial charge in [-0.25, -0.2) is 0 Å². The number of phenols is 1. The van der Waals surface area contributed by atoms with Crippen LogP contribution < -0.4 is 5.73 Å². The van der Waals surface area contributed by atoms with Gasteiger partial charge >= 0.3 is 0 Å². The minimum atomic E-state index is 0.0107. The van der Waals surface area contributed by atoms with Crippen LogP contribution in [0.15, 0.2) is 12.1 Å². The van der Waals surface area contributed by atoms with E-state index < -0.39 is 0 Å². The third-order valence-electron chi connectivity index (χ3n) is 1.34. The highest BCUT2D eigenvalue weighted by atomic mass is 35.5. The summed E-state index contributed by atoms with van der Waals surface area (Å²) >= 11 is 11.3. The first-order valence-corrected chi connectivity index (χ1v) is 3.77. The van der Waals surface area contributed by atoms with E-state index in [1.165, 1.54) is 12.1 Å². The molecule has 4 heteroatoms. The number of benzene rings is 1. The first-order valence-electron chi connectivity index (χ1n) is 3.02. The number of rotatable bonds is 1. The van der Waals surface area contributed by atoms with Gasteiger partial charge in [0.2, 0.25) is 0 Å². The second-order valence-electron chi connectivity index (χ2n) is 2.10. The van der Waals surface area contributed by atoms with Crippen LogP contribution in [0, 0.1) is 0 Å². The second kappa shape index (κ2) is 3.30. The summed E-state index contributed by atoms with van der Waals surface area (Å²) in [5.74, 6) is 0.0107. The van der Waals surface area contributed by atoms with Crippen molar-refractivity contribution in [1.82, 2.24) is 0 Å². The van der Waals surface area contributed by atoms with Gasteiger partial charge in [0.15, 0.2) is 0 Å². The zero-order chi connectivity index (χ0) is 8.43. The molecule has 0 atom stereocenters. The molecule has 1 rings (SSSR count). The summed E-state index contributed by atoms with van der Waals surface area (Å²) in [6.07, 6.45) is 0. The molecule has 0 unspecified atom stereocenters. The predicted molar refractivity (Wildman–Crippen MR) is 46.0 cm³/mol. The SMILES string of the molecule is NCc1cc(O)c(Cl)cc1Cl. The van der Waals surface area contributed by atoms with E-state index in [4.69, 9.17) is 34.0 Å². The highest BCUT2D eigenvalue weighted by Gasteiger charge is 2.03. The Balaban J connectivity index is 3.21. The maximum Gasteiger partial charge on any atom is 0.134 e. The van der Waals surface area contributed by atoms with Gasteiger partial charge in [0.05, 0.1) is 5.02 Å². The largest absolute Gasteiger partial charge is 0.506 e. The van der Waals surface area contributed by atoms with Crippen LogP contribution in [-0.4, -0.2) is 5.11 Å². The molecule has 60 valence electrons. The molecular weight excluding hydrogens is 185 g/mol. The maximum atomic E-state index is 9.11. The molecule has 0 aliphatic heterocycles. The van der Waals surface area contributed by atoms with Crippen LogP contribution in [-0.2, 0) is 6.54 Å². The molecule has 1 aromatic carbocycles. The molecule has 0 heterocycles. The van der Waals surface area contributed by atoms with E-state index in [0.717, 1.165) is 0 Å². The highest BCUT2D eigenvalue weighted by Crippen LogP contribution is 2.29. The number of aromatic hydroxyl groups is 1. The van der Waals surface area contributed by atoms with Crippen LogP contribution in [0.1, 0.15) is 5.56 Å². The van der Waals surface area contributed by atoms with Crippen LogP contribution in [0.3, 0.4) is 0 Å². The van der Waals surface area contributed by atoms with Crippen LogP contribution in [0.2, 0.25) is 10.0 Å². The second-order valence-corrected chi connectivity index (χ2v) is 2.91. The summed E-state index contributed by atoms with van der Waals surface area (Å²) in [6, 6.07) is 2.94. The first-order chi connectivity index (χ1) is 5.15. The molecule has 0 radical (unpaired) electrons. The van der Waals surface area contributed by atoms with E-state index in [-0.39, 0.29) is 10.8 Å². The number of hydrogen-bond donors (Lipinski definition) is 2. The van der Waals surface area contributed by atoms with Crippen LogP contribution >= 0.6 is 23.2 Å². The van der Waals surface area contributed by atoms with Crippen molar-refractivity contribution in [3.05, 3.63) is 27.7 Å². The van der Waals surface area contributed by atoms with E-state index in [1.54, 1.807) is 0 Å². The molecule has 1 aromatic rings. The van der Waals surface area contributed by atoms with Crippen molar-refractivity contribution >= 4 is 23.2 Å². The van der Waals surface area contributed by atoms with Gasteiger partial charge in [0, 0.05) is 11.6 Å². The monoisotopic (exact) mass is 191 g/mol. The van der Waals surface area contributed by atoms with Crippen LogP contribution in [0.4, 0.5) is 0 Å². The summed E-state index contributed by atoms with van der Waals surface area (Å²) in [5, 5.41) is 9.83. The average Bonchev–Trinajstić information content (AvgIpc) is 1.97. The van der Waals surface area contributed by atoms with Crippen molar-refractivity contribution < 1.29 is 5.11 Å². The highest BCUT2D eigenvalue weighted by molar-refractivity contribution is 6.35. The maximum absolute atomic E-state index is 9.11. The fourth-order valence-electron chi connectivity index (χ4n) is 0.737. The normalized spacial score (nSPS) is 10.1. The van der Waals surface area contributed by atoms with E-state index in [2.05, 4.69) is 0 Å². The molecule has 0 saturated carbocycles. The van der Waals surface area contributed by atoms with E-state index in [0.29, 0.717) is 17.1 Å². The summed E-state index contributed by atoms with van der Waals surface area (Å²) in [7, 11) is 0. The Morgan fingerprint density at radius 3 is 2.45 bits per heavy atom. The molecule has 0 saturated heterocycles. The van der Waals surface area contributed by atoms with Crippen molar-refractivity contribution in [2.75, 3.05) is 0 Å². The fourth-order valence-corrected chi connectivity index (χ4v) is 1.20. The van der Waals surface area contributed by atoms with Crippen LogP contribution in [0.25, 0.3) is 0 Å². The quantitative estimate of drug-likeness (QED) is 0.715. The van der Waals surface area contributed by atoms with Gasteiger partial charge in [-0.1, -0.05) is 23.2 Å². The van der Waals surface area contributed by atoms with Gasteiger partial charge in [0.1, 0.15) is 5.75 Å². The zero-order valence-corrected chi connectivity index (χ0v) is 7.15. The van der Waals surface area contributed by atoms with Gasteiger partial charge < -0.3 is 10.8 Å². The lowest BCUT2D eigenvalue weighted by atomic mass is 10.2. The third kappa shape index (κ3) is 1.77. The number of hydrogen-bond acceptors (Lipinski definition) is 2. The van der Waals surface area contributed by atoms with E-state index in [1.807, 2.05) is 0 Å². The van der Waals surface area contributed by atoms with Crippen molar-refractivity contribution in [3.63, 3.8) is 0 Å². The van der Waals surface area contributed by atoms with Crippen molar-refractivity contribution in [3.8, 4) is 5.75 Å². The fraction of sp³-hybridized carbons (Fsp3) is 0.143. The molecule has 11 heavy (non-hydrogen) atoms. The Kier molecular flexibility index (Phi) is 2.60. The topological polar surface area (TPSA) is 46.2 Å². The Morgan fingerprint density at radius 2 is 1.91 bits per heavy atom. The molecule has 0 aromatic heterocycles. The summed E-state index contributed by atoms with van der Waals surface area (Å²) in [6.45, 7) is 0.295. The molecule has 0 fully saturated rings. The van der Waals surface area contributed by atoms with Gasteiger partial charge in [-0.15, -0.1) is 0 Å². The Morgan fingerprint density at radius 1 is 1.27 bits per heavy atom. The molecular formula is C7H7Cl2NO. The van der Waals surface area contributed by atoms with Gasteiger partial charge in [-0.05, 0) is 17.7 Å². The first kappa shape index (κ1) is 8.65. The molecule has 0 bridgehead atoms. The number of nitrogens with two attached hydrogens (primary N) is 1. The van der Waals surface area contributed by atoms with Crippen molar-refractivity contribution in [2.24, 2.45) is 5.73 Å². The van der Waals surface area contributed by atoms with Crippen LogP contribution in [0.5, 0.6) is 5.75 Å². The van der Waals surface area contributed by atoms with Crippen molar-refractivity contribution in [1.29, 1.82) is 0 Å². The molecule has 0 spiro atoms. The molecule has 0 aliphatic carbocycles. The minimum absolute atomic E-state index is 0.0107. The molecule has 3 N–H and O–H groups in total. The minimum Gasteiger partial charge on any atom is -0.506 e. The van der Waals surface area contributed by atoms with Gasteiger partial charge in [-0.3, -0.25) is 0 Å². The average molecular weight is 192 g/mol. The van der Waals surface area contributed by atoms with Gasteiger partial charge in [-0.2, -0.15) is 0 Å². The standard InChI is InChI=1S/C7H7Cl2NO/c8-5-2-6(9)7(11)1-4(5)3-10/h1-2,11H,3,10H2. The Hall–Kier alpha value is -0.440.